The Balaban J connectivity index is 1.74. The number of benzene rings is 1. The van der Waals surface area contributed by atoms with Gasteiger partial charge in [-0.2, -0.15) is 5.26 Å². The van der Waals surface area contributed by atoms with Crippen molar-refractivity contribution >= 4 is 11.8 Å². The van der Waals surface area contributed by atoms with Crippen LogP contribution in [0.25, 0.3) is 0 Å². The van der Waals surface area contributed by atoms with Gasteiger partial charge in [-0.25, -0.2) is 4.79 Å². The van der Waals surface area contributed by atoms with Crippen LogP contribution in [-0.4, -0.2) is 55.9 Å². The fourth-order valence-corrected chi connectivity index (χ4v) is 3.09. The zero-order valence-corrected chi connectivity index (χ0v) is 16.1. The number of ether oxygens (including phenoxy) is 1. The second-order valence-corrected chi connectivity index (χ2v) is 7.59. The summed E-state index contributed by atoms with van der Waals surface area (Å²) in [5.41, 5.74) is 1.31. The van der Waals surface area contributed by atoms with E-state index in [2.05, 4.69) is 21.2 Å². The summed E-state index contributed by atoms with van der Waals surface area (Å²) in [5.74, 6) is 0. The molecule has 1 aliphatic heterocycles. The minimum Gasteiger partial charge on any atom is -0.444 e. The van der Waals surface area contributed by atoms with Crippen molar-refractivity contribution in [2.45, 2.75) is 39.2 Å². The van der Waals surface area contributed by atoms with Crippen molar-refractivity contribution in [1.29, 1.82) is 5.26 Å². The Bertz CT molecular complexity index is 633. The first-order chi connectivity index (χ1) is 12.4. The van der Waals surface area contributed by atoms with Crippen LogP contribution in [0, 0.1) is 11.3 Å². The second kappa shape index (κ2) is 9.44. The fraction of sp³-hybridized carbons (Fsp3) is 0.600. The predicted molar refractivity (Wildman–Crippen MR) is 103 cm³/mol. The van der Waals surface area contributed by atoms with Crippen LogP contribution in [0.3, 0.4) is 0 Å². The zero-order valence-electron chi connectivity index (χ0n) is 16.1. The summed E-state index contributed by atoms with van der Waals surface area (Å²) in [6.45, 7) is 11.0. The molecule has 1 heterocycles. The third-order valence-electron chi connectivity index (χ3n) is 4.27. The number of hydrogen-bond acceptors (Lipinski definition) is 5. The van der Waals surface area contributed by atoms with Crippen LogP contribution >= 0.6 is 0 Å². The maximum absolute atomic E-state index is 11.6. The van der Waals surface area contributed by atoms with E-state index in [4.69, 9.17) is 4.74 Å². The largest absolute Gasteiger partial charge is 0.444 e. The van der Waals surface area contributed by atoms with Crippen LogP contribution in [0.4, 0.5) is 10.5 Å². The number of nitrogens with zero attached hydrogens (tertiary/aromatic N) is 3. The Labute approximate surface area is 156 Å². The summed E-state index contributed by atoms with van der Waals surface area (Å²) < 4.78 is 5.24. The summed E-state index contributed by atoms with van der Waals surface area (Å²) in [5, 5.41) is 12.1. The summed E-state index contributed by atoms with van der Waals surface area (Å²) in [4.78, 5) is 16.4. The first-order valence-corrected chi connectivity index (χ1v) is 9.32. The quantitative estimate of drug-likeness (QED) is 0.820. The molecule has 1 fully saturated rings. The van der Waals surface area contributed by atoms with Gasteiger partial charge >= 0.3 is 6.09 Å². The predicted octanol–water partition coefficient (Wildman–Crippen LogP) is 2.99. The highest BCUT2D eigenvalue weighted by Gasteiger charge is 2.18. The molecule has 0 atom stereocenters. The Morgan fingerprint density at radius 2 is 2.00 bits per heavy atom. The standard InChI is InChI=1S/C20H30N4O2/c1-20(2,3)26-19(25)22-10-6-11-23-12-7-13-24(15-14-23)18-9-5-4-8-17(18)16-21/h4-5,8-9H,6-7,10-15H2,1-3H3,(H,22,25). The van der Waals surface area contributed by atoms with Crippen molar-refractivity contribution in [2.24, 2.45) is 0 Å². The monoisotopic (exact) mass is 358 g/mol. The normalized spacial score (nSPS) is 15.8. The Morgan fingerprint density at radius 1 is 1.23 bits per heavy atom. The summed E-state index contributed by atoms with van der Waals surface area (Å²) in [7, 11) is 0. The lowest BCUT2D eigenvalue weighted by Gasteiger charge is -2.24. The molecule has 0 bridgehead atoms. The molecular formula is C20H30N4O2. The van der Waals surface area contributed by atoms with E-state index in [1.807, 2.05) is 45.0 Å². The lowest BCUT2D eigenvalue weighted by atomic mass is 10.1. The van der Waals surface area contributed by atoms with Gasteiger partial charge in [0.05, 0.1) is 11.3 Å². The zero-order chi connectivity index (χ0) is 19.0. The summed E-state index contributed by atoms with van der Waals surface area (Å²) >= 11 is 0. The first-order valence-electron chi connectivity index (χ1n) is 9.32. The van der Waals surface area contributed by atoms with Crippen molar-refractivity contribution in [3.05, 3.63) is 29.8 Å². The molecule has 0 aromatic heterocycles. The molecule has 1 aromatic rings. The number of carbonyl (C=O) groups is 1. The molecular weight excluding hydrogens is 328 g/mol. The molecule has 2 rings (SSSR count). The SMILES string of the molecule is CC(C)(C)OC(=O)NCCCN1CCCN(c2ccccc2C#N)CC1. The van der Waals surface area contributed by atoms with E-state index in [1.165, 1.54) is 0 Å². The highest BCUT2D eigenvalue weighted by atomic mass is 16.6. The molecule has 1 aromatic carbocycles. The Morgan fingerprint density at radius 3 is 2.73 bits per heavy atom. The van der Waals surface area contributed by atoms with Crippen LogP contribution in [0.2, 0.25) is 0 Å². The Kier molecular flexibility index (Phi) is 7.28. The number of nitrogens with one attached hydrogen (secondary N) is 1. The highest BCUT2D eigenvalue weighted by molar-refractivity contribution is 5.67. The molecule has 0 radical (unpaired) electrons. The van der Waals surface area contributed by atoms with Gasteiger partial charge in [0.25, 0.3) is 0 Å². The minimum atomic E-state index is -0.460. The van der Waals surface area contributed by atoms with E-state index in [0.717, 1.165) is 56.8 Å². The molecule has 1 saturated heterocycles. The lowest BCUT2D eigenvalue weighted by molar-refractivity contribution is 0.0526. The topological polar surface area (TPSA) is 68.6 Å². The van der Waals surface area contributed by atoms with E-state index >= 15 is 0 Å². The number of anilines is 1. The number of amides is 1. The van der Waals surface area contributed by atoms with Gasteiger partial charge in [-0.3, -0.25) is 0 Å². The van der Waals surface area contributed by atoms with Gasteiger partial charge in [-0.05, 0) is 58.8 Å². The van der Waals surface area contributed by atoms with Crippen LogP contribution < -0.4 is 10.2 Å². The molecule has 26 heavy (non-hydrogen) atoms. The molecule has 0 aliphatic carbocycles. The van der Waals surface area contributed by atoms with E-state index in [1.54, 1.807) is 0 Å². The van der Waals surface area contributed by atoms with E-state index in [-0.39, 0.29) is 6.09 Å². The van der Waals surface area contributed by atoms with Crippen LogP contribution in [0.15, 0.2) is 24.3 Å². The lowest BCUT2D eigenvalue weighted by Crippen LogP contribution is -2.35. The average Bonchev–Trinajstić information content (AvgIpc) is 2.83. The maximum Gasteiger partial charge on any atom is 0.407 e. The first kappa shape index (κ1) is 20.1. The van der Waals surface area contributed by atoms with Gasteiger partial charge in [-0.15, -0.1) is 0 Å². The molecule has 6 nitrogen and oxygen atoms in total. The van der Waals surface area contributed by atoms with Crippen molar-refractivity contribution in [1.82, 2.24) is 10.2 Å². The van der Waals surface area contributed by atoms with Crippen LogP contribution in [-0.2, 0) is 4.74 Å². The van der Waals surface area contributed by atoms with Gasteiger partial charge in [0.1, 0.15) is 11.7 Å². The summed E-state index contributed by atoms with van der Waals surface area (Å²) in [6, 6.07) is 10.1. The average molecular weight is 358 g/mol. The van der Waals surface area contributed by atoms with Crippen LogP contribution in [0.1, 0.15) is 39.2 Å². The highest BCUT2D eigenvalue weighted by Crippen LogP contribution is 2.21. The second-order valence-electron chi connectivity index (χ2n) is 7.59. The fourth-order valence-electron chi connectivity index (χ4n) is 3.09. The molecule has 142 valence electrons. The van der Waals surface area contributed by atoms with Gasteiger partial charge in [0.2, 0.25) is 0 Å². The smallest absolute Gasteiger partial charge is 0.407 e. The number of para-hydroxylation sites is 1. The molecule has 1 aliphatic rings. The number of hydrogen-bond donors (Lipinski definition) is 1. The molecule has 0 saturated carbocycles. The number of nitriles is 1. The van der Waals surface area contributed by atoms with Crippen molar-refractivity contribution in [3.63, 3.8) is 0 Å². The third-order valence-corrected chi connectivity index (χ3v) is 4.27. The van der Waals surface area contributed by atoms with Crippen molar-refractivity contribution < 1.29 is 9.53 Å². The molecule has 0 unspecified atom stereocenters. The Hall–Kier alpha value is -2.26. The van der Waals surface area contributed by atoms with Gasteiger partial charge < -0.3 is 19.9 Å². The number of rotatable bonds is 5. The molecule has 1 N–H and O–H groups in total. The minimum absolute atomic E-state index is 0.354. The van der Waals surface area contributed by atoms with E-state index < -0.39 is 5.60 Å². The number of carbonyl (C=O) groups excluding carboxylic acids is 1. The van der Waals surface area contributed by atoms with Crippen molar-refractivity contribution in [2.75, 3.05) is 44.2 Å². The van der Waals surface area contributed by atoms with E-state index in [0.29, 0.717) is 6.54 Å². The van der Waals surface area contributed by atoms with Crippen molar-refractivity contribution in [3.8, 4) is 6.07 Å². The van der Waals surface area contributed by atoms with Gasteiger partial charge in [0.15, 0.2) is 0 Å². The molecule has 6 heteroatoms. The molecule has 0 spiro atoms. The van der Waals surface area contributed by atoms with Gasteiger partial charge in [0, 0.05) is 26.2 Å². The summed E-state index contributed by atoms with van der Waals surface area (Å²) in [6.07, 6.45) is 1.61. The molecule has 1 amide bonds. The van der Waals surface area contributed by atoms with Crippen LogP contribution in [0.5, 0.6) is 0 Å². The maximum atomic E-state index is 11.6. The van der Waals surface area contributed by atoms with E-state index in [9.17, 15) is 10.1 Å². The number of alkyl carbamates (subject to hydrolysis) is 1. The van der Waals surface area contributed by atoms with Gasteiger partial charge in [-0.1, -0.05) is 12.1 Å². The third kappa shape index (κ3) is 6.57.